The second kappa shape index (κ2) is 9.00. The Kier molecular flexibility index (Phi) is 6.43. The molecule has 1 aliphatic heterocycles. The summed E-state index contributed by atoms with van der Waals surface area (Å²) in [4.78, 5) is 37.8. The molecular formula is C21H22N2O5S. The highest BCUT2D eigenvalue weighted by Gasteiger charge is 2.30. The number of para-hydroxylation sites is 1. The van der Waals surface area contributed by atoms with Crippen molar-refractivity contribution in [3.8, 4) is 5.75 Å². The van der Waals surface area contributed by atoms with Crippen LogP contribution in [0.4, 0.5) is 11.4 Å². The summed E-state index contributed by atoms with van der Waals surface area (Å²) in [5, 5.41) is 4.88. The van der Waals surface area contributed by atoms with Gasteiger partial charge in [0.05, 0.1) is 30.2 Å². The summed E-state index contributed by atoms with van der Waals surface area (Å²) in [6.07, 6.45) is -1.15. The SMILES string of the molecule is COc1ccc(C)cc1NC(=O)[C@@H](C)OC(=O)C[C@H]1Sc2ccccc2NC1=O. The summed E-state index contributed by atoms with van der Waals surface area (Å²) in [5.74, 6) is -0.840. The largest absolute Gasteiger partial charge is 0.495 e. The van der Waals surface area contributed by atoms with E-state index in [0.29, 0.717) is 11.4 Å². The molecule has 1 heterocycles. The van der Waals surface area contributed by atoms with E-state index in [0.717, 1.165) is 16.1 Å². The number of fused-ring (bicyclic) bond motifs is 1. The van der Waals surface area contributed by atoms with E-state index in [1.54, 1.807) is 18.2 Å². The van der Waals surface area contributed by atoms with Crippen LogP contribution in [0.1, 0.15) is 18.9 Å². The van der Waals surface area contributed by atoms with Gasteiger partial charge in [0.25, 0.3) is 5.91 Å². The second-order valence-electron chi connectivity index (χ2n) is 6.62. The minimum atomic E-state index is -1.02. The predicted molar refractivity (Wildman–Crippen MR) is 111 cm³/mol. The van der Waals surface area contributed by atoms with Gasteiger partial charge in [-0.25, -0.2) is 0 Å². The van der Waals surface area contributed by atoms with Crippen LogP contribution in [-0.4, -0.2) is 36.2 Å². The summed E-state index contributed by atoms with van der Waals surface area (Å²) in [6.45, 7) is 3.38. The molecule has 2 aromatic carbocycles. The number of rotatable bonds is 6. The average molecular weight is 414 g/mol. The molecule has 0 spiro atoms. The number of carbonyl (C=O) groups excluding carboxylic acids is 3. The molecule has 0 unspecified atom stereocenters. The van der Waals surface area contributed by atoms with Gasteiger partial charge in [0.15, 0.2) is 6.10 Å². The lowest BCUT2D eigenvalue weighted by Crippen LogP contribution is -2.34. The Labute approximate surface area is 173 Å². The number of aryl methyl sites for hydroxylation is 1. The Morgan fingerprint density at radius 1 is 1.24 bits per heavy atom. The van der Waals surface area contributed by atoms with Gasteiger partial charge in [-0.2, -0.15) is 0 Å². The fraction of sp³-hybridized carbons (Fsp3) is 0.286. The van der Waals surface area contributed by atoms with E-state index in [-0.39, 0.29) is 12.3 Å². The molecule has 152 valence electrons. The summed E-state index contributed by atoms with van der Waals surface area (Å²) < 4.78 is 10.5. The molecule has 2 atom stereocenters. The van der Waals surface area contributed by atoms with E-state index in [1.165, 1.54) is 25.8 Å². The van der Waals surface area contributed by atoms with Gasteiger partial charge >= 0.3 is 5.97 Å². The van der Waals surface area contributed by atoms with Crippen molar-refractivity contribution < 1.29 is 23.9 Å². The number of benzene rings is 2. The number of hydrogen-bond acceptors (Lipinski definition) is 6. The number of amides is 2. The number of ether oxygens (including phenoxy) is 2. The van der Waals surface area contributed by atoms with Gasteiger partial charge in [0.2, 0.25) is 5.91 Å². The Bertz CT molecular complexity index is 946. The number of esters is 1. The van der Waals surface area contributed by atoms with E-state index in [4.69, 9.17) is 9.47 Å². The third-order valence-corrected chi connectivity index (χ3v) is 5.62. The van der Waals surface area contributed by atoms with Crippen LogP contribution >= 0.6 is 11.8 Å². The Balaban J connectivity index is 1.57. The molecule has 3 rings (SSSR count). The van der Waals surface area contributed by atoms with Gasteiger partial charge in [-0.15, -0.1) is 11.8 Å². The number of hydrogen-bond donors (Lipinski definition) is 2. The maximum absolute atomic E-state index is 12.4. The third kappa shape index (κ3) is 5.08. The highest BCUT2D eigenvalue weighted by atomic mass is 32.2. The molecule has 2 amide bonds. The molecule has 0 saturated heterocycles. The van der Waals surface area contributed by atoms with E-state index in [1.807, 2.05) is 31.2 Å². The highest BCUT2D eigenvalue weighted by molar-refractivity contribution is 8.01. The smallest absolute Gasteiger partial charge is 0.308 e. The minimum Gasteiger partial charge on any atom is -0.495 e. The molecule has 8 heteroatoms. The van der Waals surface area contributed by atoms with Gasteiger partial charge in [-0.1, -0.05) is 18.2 Å². The van der Waals surface area contributed by atoms with Crippen molar-refractivity contribution in [2.75, 3.05) is 17.7 Å². The van der Waals surface area contributed by atoms with Crippen molar-refractivity contribution >= 4 is 40.9 Å². The molecule has 0 bridgehead atoms. The molecule has 0 radical (unpaired) electrons. The fourth-order valence-corrected chi connectivity index (χ4v) is 3.93. The van der Waals surface area contributed by atoms with Crippen LogP contribution in [0.3, 0.4) is 0 Å². The van der Waals surface area contributed by atoms with Gasteiger partial charge < -0.3 is 20.1 Å². The highest BCUT2D eigenvalue weighted by Crippen LogP contribution is 2.36. The van der Waals surface area contributed by atoms with Crippen LogP contribution in [0.25, 0.3) is 0 Å². The van der Waals surface area contributed by atoms with E-state index < -0.39 is 23.2 Å². The van der Waals surface area contributed by atoms with Gasteiger partial charge in [0, 0.05) is 4.90 Å². The lowest BCUT2D eigenvalue weighted by Gasteiger charge is -2.23. The summed E-state index contributed by atoms with van der Waals surface area (Å²) in [5.41, 5.74) is 2.18. The maximum Gasteiger partial charge on any atom is 0.308 e. The van der Waals surface area contributed by atoms with Crippen LogP contribution in [0.15, 0.2) is 47.4 Å². The number of anilines is 2. The van der Waals surface area contributed by atoms with Crippen molar-refractivity contribution in [1.29, 1.82) is 0 Å². The number of thioether (sulfide) groups is 1. The summed E-state index contributed by atoms with van der Waals surface area (Å²) >= 11 is 1.31. The first kappa shape index (κ1) is 20.7. The topological polar surface area (TPSA) is 93.7 Å². The molecule has 2 aromatic rings. The zero-order valence-corrected chi connectivity index (χ0v) is 17.2. The van der Waals surface area contributed by atoms with Crippen molar-refractivity contribution in [1.82, 2.24) is 0 Å². The molecule has 0 saturated carbocycles. The normalized spacial score (nSPS) is 16.2. The molecule has 2 N–H and O–H groups in total. The first-order valence-corrected chi connectivity index (χ1v) is 9.97. The van der Waals surface area contributed by atoms with E-state index in [2.05, 4.69) is 10.6 Å². The van der Waals surface area contributed by atoms with E-state index >= 15 is 0 Å². The zero-order chi connectivity index (χ0) is 21.0. The molecule has 0 aromatic heterocycles. The number of nitrogens with one attached hydrogen (secondary N) is 2. The Morgan fingerprint density at radius 3 is 2.76 bits per heavy atom. The second-order valence-corrected chi connectivity index (χ2v) is 7.87. The fourth-order valence-electron chi connectivity index (χ4n) is 2.83. The van der Waals surface area contributed by atoms with Gasteiger partial charge in [0.1, 0.15) is 5.75 Å². The van der Waals surface area contributed by atoms with Crippen molar-refractivity contribution in [2.45, 2.75) is 36.5 Å². The monoisotopic (exact) mass is 414 g/mol. The van der Waals surface area contributed by atoms with E-state index in [9.17, 15) is 14.4 Å². The molecule has 1 aliphatic rings. The van der Waals surface area contributed by atoms with Crippen LogP contribution in [0.2, 0.25) is 0 Å². The quantitative estimate of drug-likeness (QED) is 0.704. The van der Waals surface area contributed by atoms with Crippen LogP contribution in [0.5, 0.6) is 5.75 Å². The first-order chi connectivity index (χ1) is 13.9. The van der Waals surface area contributed by atoms with Crippen molar-refractivity contribution in [3.05, 3.63) is 48.0 Å². The number of carbonyl (C=O) groups is 3. The maximum atomic E-state index is 12.4. The van der Waals surface area contributed by atoms with Gasteiger partial charge in [-0.05, 0) is 43.7 Å². The van der Waals surface area contributed by atoms with Crippen LogP contribution in [-0.2, 0) is 19.1 Å². The molecule has 7 nitrogen and oxygen atoms in total. The van der Waals surface area contributed by atoms with Crippen molar-refractivity contribution in [3.63, 3.8) is 0 Å². The first-order valence-electron chi connectivity index (χ1n) is 9.09. The number of methoxy groups -OCH3 is 1. The summed E-state index contributed by atoms with van der Waals surface area (Å²) in [6, 6.07) is 12.8. The predicted octanol–water partition coefficient (Wildman–Crippen LogP) is 3.38. The third-order valence-electron chi connectivity index (χ3n) is 4.35. The summed E-state index contributed by atoms with van der Waals surface area (Å²) in [7, 11) is 1.51. The lowest BCUT2D eigenvalue weighted by molar-refractivity contribution is -0.153. The van der Waals surface area contributed by atoms with Crippen LogP contribution < -0.4 is 15.4 Å². The zero-order valence-electron chi connectivity index (χ0n) is 16.4. The van der Waals surface area contributed by atoms with Crippen molar-refractivity contribution in [2.24, 2.45) is 0 Å². The minimum absolute atomic E-state index is 0.129. The molecular weight excluding hydrogens is 392 g/mol. The average Bonchev–Trinajstić information content (AvgIpc) is 2.68. The molecule has 29 heavy (non-hydrogen) atoms. The standard InChI is InChI=1S/C21H22N2O5S/c1-12-8-9-16(27-3)15(10-12)23-20(25)13(2)28-19(24)11-18-21(26)22-14-6-4-5-7-17(14)29-18/h4-10,13,18H,11H2,1-3H3,(H,22,26)(H,23,25)/t13-,18-/m1/s1. The lowest BCUT2D eigenvalue weighted by atomic mass is 10.2. The molecule has 0 fully saturated rings. The molecule has 0 aliphatic carbocycles. The van der Waals surface area contributed by atoms with Crippen LogP contribution in [0, 0.1) is 6.92 Å². The van der Waals surface area contributed by atoms with Gasteiger partial charge in [-0.3, -0.25) is 14.4 Å². The Hall–Kier alpha value is -3.00. The Morgan fingerprint density at radius 2 is 2.00 bits per heavy atom.